The Bertz CT molecular complexity index is 1180. The number of nitrogens with one attached hydrogen (secondary N) is 1. The molecule has 0 bridgehead atoms. The molecule has 0 saturated heterocycles. The van der Waals surface area contributed by atoms with E-state index in [1.165, 1.54) is 37.8 Å². The van der Waals surface area contributed by atoms with Gasteiger partial charge in [-0.25, -0.2) is 9.37 Å². The van der Waals surface area contributed by atoms with Crippen molar-refractivity contribution in [3.05, 3.63) is 57.5 Å². The summed E-state index contributed by atoms with van der Waals surface area (Å²) in [7, 11) is 4.30. The van der Waals surface area contributed by atoms with Gasteiger partial charge in [0.2, 0.25) is 5.75 Å². The van der Waals surface area contributed by atoms with Crippen molar-refractivity contribution in [2.45, 2.75) is 32.0 Å². The van der Waals surface area contributed by atoms with Gasteiger partial charge in [0.25, 0.3) is 11.5 Å². The van der Waals surface area contributed by atoms with Gasteiger partial charge in [0, 0.05) is 26.7 Å². The van der Waals surface area contributed by atoms with Crippen molar-refractivity contribution >= 4 is 17.7 Å². The van der Waals surface area contributed by atoms with Gasteiger partial charge in [-0.15, -0.1) is 0 Å². The third-order valence-electron chi connectivity index (χ3n) is 5.81. The maximum atomic E-state index is 13.2. The number of nitrogens with zero attached hydrogens (tertiary/aromatic N) is 4. The molecule has 12 heteroatoms. The van der Waals surface area contributed by atoms with Crippen molar-refractivity contribution in [2.75, 3.05) is 34.4 Å². The number of halogens is 1. The van der Waals surface area contributed by atoms with Crippen molar-refractivity contribution in [2.24, 2.45) is 0 Å². The predicted octanol–water partition coefficient (Wildman–Crippen LogP) is 0.587. The van der Waals surface area contributed by atoms with E-state index < -0.39 is 46.9 Å². The summed E-state index contributed by atoms with van der Waals surface area (Å²) in [5.41, 5.74) is -0.677. The Kier molecular flexibility index (Phi) is 7.85. The number of likely N-dealkylation sites (N-methyl/N-ethyl adjacent to an activating group) is 2. The summed E-state index contributed by atoms with van der Waals surface area (Å²) in [4.78, 5) is 57.3. The van der Waals surface area contributed by atoms with E-state index in [9.17, 15) is 28.7 Å². The van der Waals surface area contributed by atoms with Crippen molar-refractivity contribution in [3.8, 4) is 5.75 Å². The minimum absolute atomic E-state index is 0.0297. The van der Waals surface area contributed by atoms with Gasteiger partial charge in [-0.2, -0.15) is 0 Å². The molecule has 0 aliphatic carbocycles. The van der Waals surface area contributed by atoms with Crippen molar-refractivity contribution in [3.63, 3.8) is 0 Å². The Morgan fingerprint density at radius 1 is 1.17 bits per heavy atom. The first kappa shape index (κ1) is 25.8. The van der Waals surface area contributed by atoms with Crippen molar-refractivity contribution in [1.82, 2.24) is 24.7 Å². The average Bonchev–Trinajstić information content (AvgIpc) is 3.03. The summed E-state index contributed by atoms with van der Waals surface area (Å²) in [5.74, 6) is -3.15. The van der Waals surface area contributed by atoms with E-state index in [0.29, 0.717) is 6.42 Å². The third kappa shape index (κ3) is 5.32. The highest BCUT2D eigenvalue weighted by Gasteiger charge is 2.35. The molecule has 1 aliphatic heterocycles. The summed E-state index contributed by atoms with van der Waals surface area (Å²) in [6.45, 7) is 1.65. The fourth-order valence-corrected chi connectivity index (χ4v) is 3.70. The second-order valence-electron chi connectivity index (χ2n) is 8.36. The Balaban J connectivity index is 2.00. The molecule has 1 aromatic heterocycles. The fourth-order valence-electron chi connectivity index (χ4n) is 3.70. The lowest BCUT2D eigenvalue weighted by atomic mass is 10.1. The molecular weight excluding hydrogens is 461 g/mol. The number of carbonyl (C=O) groups is 3. The summed E-state index contributed by atoms with van der Waals surface area (Å²) >= 11 is 0. The number of aromatic hydroxyl groups is 1. The van der Waals surface area contributed by atoms with Gasteiger partial charge in [0.1, 0.15) is 23.4 Å². The highest BCUT2D eigenvalue weighted by molar-refractivity contribution is 6.34. The highest BCUT2D eigenvalue weighted by Crippen LogP contribution is 2.28. The van der Waals surface area contributed by atoms with Crippen LogP contribution in [0.25, 0.3) is 0 Å². The molecule has 3 amide bonds. The molecule has 0 saturated carbocycles. The molecule has 2 heterocycles. The summed E-state index contributed by atoms with van der Waals surface area (Å²) < 4.78 is 20.1. The van der Waals surface area contributed by atoms with E-state index in [-0.39, 0.29) is 36.8 Å². The van der Waals surface area contributed by atoms with Gasteiger partial charge in [0.15, 0.2) is 0 Å². The molecule has 0 unspecified atom stereocenters. The van der Waals surface area contributed by atoms with E-state index in [4.69, 9.17) is 4.74 Å². The summed E-state index contributed by atoms with van der Waals surface area (Å²) in [5, 5.41) is 13.1. The molecule has 0 spiro atoms. The largest absolute Gasteiger partial charge is 0.502 e. The Morgan fingerprint density at radius 2 is 1.83 bits per heavy atom. The Hall–Kier alpha value is -3.80. The van der Waals surface area contributed by atoms with Gasteiger partial charge in [-0.05, 0) is 30.7 Å². The van der Waals surface area contributed by atoms with E-state index >= 15 is 0 Å². The maximum absolute atomic E-state index is 13.2. The summed E-state index contributed by atoms with van der Waals surface area (Å²) in [6, 6.07) is 3.50. The lowest BCUT2D eigenvalue weighted by Crippen LogP contribution is -2.44. The number of hydrogen-bond acceptors (Lipinski definition) is 7. The van der Waals surface area contributed by atoms with Crippen LogP contribution in [0.5, 0.6) is 5.75 Å². The van der Waals surface area contributed by atoms with Crippen LogP contribution in [-0.2, 0) is 20.9 Å². The predicted molar refractivity (Wildman–Crippen MR) is 122 cm³/mol. The van der Waals surface area contributed by atoms with Crippen LogP contribution in [0.3, 0.4) is 0 Å². The Morgan fingerprint density at radius 3 is 2.43 bits per heavy atom. The number of ether oxygens (including phenoxy) is 1. The molecule has 0 fully saturated rings. The van der Waals surface area contributed by atoms with Gasteiger partial charge in [-0.1, -0.05) is 6.92 Å². The van der Waals surface area contributed by atoms with Crippen LogP contribution in [0.1, 0.15) is 47.3 Å². The van der Waals surface area contributed by atoms with Crippen LogP contribution in [-0.4, -0.2) is 76.5 Å². The van der Waals surface area contributed by atoms with Gasteiger partial charge < -0.3 is 25.0 Å². The number of carbonyl (C=O) groups excluding carboxylic acids is 3. The van der Waals surface area contributed by atoms with E-state index in [1.54, 1.807) is 0 Å². The van der Waals surface area contributed by atoms with Crippen molar-refractivity contribution < 1.29 is 28.6 Å². The average molecular weight is 490 g/mol. The molecule has 1 aliphatic rings. The number of hydrogen-bond donors (Lipinski definition) is 2. The molecule has 11 nitrogen and oxygen atoms in total. The molecule has 1 aromatic carbocycles. The zero-order valence-corrected chi connectivity index (χ0v) is 19.9. The van der Waals surface area contributed by atoms with E-state index in [2.05, 4.69) is 10.3 Å². The maximum Gasteiger partial charge on any atom is 0.312 e. The minimum atomic E-state index is -0.900. The number of benzene rings is 1. The lowest BCUT2D eigenvalue weighted by Gasteiger charge is -2.28. The lowest BCUT2D eigenvalue weighted by molar-refractivity contribution is -0.151. The smallest absolute Gasteiger partial charge is 0.312 e. The number of fused-ring (bicyclic) bond motifs is 1. The Labute approximate surface area is 201 Å². The molecule has 3 rings (SSSR count). The molecule has 2 N–H and O–H groups in total. The minimum Gasteiger partial charge on any atom is -0.502 e. The van der Waals surface area contributed by atoms with Gasteiger partial charge in [0.05, 0.1) is 25.8 Å². The topological polar surface area (TPSA) is 134 Å². The first-order valence-corrected chi connectivity index (χ1v) is 11.0. The SMILES string of the molecule is CC[C@H]1COC[C@@H](N(C)C(=O)C(=O)N(C)C)c2nc(CNC(=O)c3ccc(F)cc3)c(O)c(=O)n21. The zero-order chi connectivity index (χ0) is 25.9. The second-order valence-corrected chi connectivity index (χ2v) is 8.36. The monoisotopic (exact) mass is 489 g/mol. The van der Waals surface area contributed by atoms with E-state index in [0.717, 1.165) is 21.9 Å². The van der Waals surface area contributed by atoms with E-state index in [1.807, 2.05) is 6.92 Å². The fraction of sp³-hybridized carbons (Fsp3) is 0.435. The third-order valence-corrected chi connectivity index (χ3v) is 5.81. The van der Waals surface area contributed by atoms with Crippen LogP contribution in [0.4, 0.5) is 4.39 Å². The van der Waals surface area contributed by atoms with Crippen LogP contribution in [0, 0.1) is 5.82 Å². The quantitative estimate of drug-likeness (QED) is 0.587. The normalized spacial score (nSPS) is 17.2. The number of amides is 3. The standard InChI is InChI=1S/C23H28FN5O6/c1-5-15-11-35-12-17(28(4)23(34)22(33)27(2)3)19-26-16(18(30)21(32)29(15)19)10-25-20(31)13-6-8-14(24)9-7-13/h6-9,15,17,30H,5,10-12H2,1-4H3,(H,25,31)/t15-,17+/m0/s1. The first-order chi connectivity index (χ1) is 16.6. The second kappa shape index (κ2) is 10.6. The molecule has 188 valence electrons. The van der Waals surface area contributed by atoms with Crippen LogP contribution in [0.15, 0.2) is 29.1 Å². The zero-order valence-electron chi connectivity index (χ0n) is 19.9. The molecule has 2 aromatic rings. The number of aromatic nitrogens is 2. The first-order valence-electron chi connectivity index (χ1n) is 11.0. The number of rotatable bonds is 5. The molecule has 0 radical (unpaired) electrons. The van der Waals surface area contributed by atoms with Crippen LogP contribution < -0.4 is 10.9 Å². The molecular formula is C23H28FN5O6. The van der Waals surface area contributed by atoms with Crippen LogP contribution >= 0.6 is 0 Å². The van der Waals surface area contributed by atoms with Gasteiger partial charge in [-0.3, -0.25) is 23.7 Å². The summed E-state index contributed by atoms with van der Waals surface area (Å²) in [6.07, 6.45) is 0.482. The van der Waals surface area contributed by atoms with Crippen LogP contribution in [0.2, 0.25) is 0 Å². The molecule has 35 heavy (non-hydrogen) atoms. The van der Waals surface area contributed by atoms with Crippen molar-refractivity contribution in [1.29, 1.82) is 0 Å². The molecule has 2 atom stereocenters. The highest BCUT2D eigenvalue weighted by atomic mass is 19.1. The van der Waals surface area contributed by atoms with Gasteiger partial charge >= 0.3 is 11.8 Å².